The van der Waals surface area contributed by atoms with Crippen molar-refractivity contribution in [1.82, 2.24) is 9.55 Å². The Morgan fingerprint density at radius 1 is 1.50 bits per heavy atom. The van der Waals surface area contributed by atoms with Crippen LogP contribution in [0.3, 0.4) is 0 Å². The highest BCUT2D eigenvalue weighted by molar-refractivity contribution is 6.07. The van der Waals surface area contributed by atoms with E-state index in [1.54, 1.807) is 24.0 Å². The van der Waals surface area contributed by atoms with Gasteiger partial charge in [-0.1, -0.05) is 0 Å². The number of aromatic nitrogens is 2. The Kier molecular flexibility index (Phi) is 3.53. The van der Waals surface area contributed by atoms with Gasteiger partial charge in [0, 0.05) is 24.8 Å². The van der Waals surface area contributed by atoms with E-state index in [2.05, 4.69) is 4.98 Å². The van der Waals surface area contributed by atoms with Crippen LogP contribution in [0.25, 0.3) is 0 Å². The van der Waals surface area contributed by atoms with Crippen LogP contribution in [0.5, 0.6) is 0 Å². The van der Waals surface area contributed by atoms with E-state index in [4.69, 9.17) is 5.73 Å². The minimum atomic E-state index is -0.319. The molecule has 2 N–H and O–H groups in total. The topological polar surface area (TPSA) is 60.9 Å². The van der Waals surface area contributed by atoms with Gasteiger partial charge in [-0.2, -0.15) is 0 Å². The fraction of sp³-hybridized carbons (Fsp3) is 0.231. The number of hydrogen-bond acceptors (Lipinski definition) is 3. The number of imidazole rings is 1. The molecule has 1 heterocycles. The Labute approximate surface area is 104 Å². The molecule has 0 aliphatic rings. The van der Waals surface area contributed by atoms with Crippen molar-refractivity contribution in [2.24, 2.45) is 5.73 Å². The molecule has 0 saturated carbocycles. The van der Waals surface area contributed by atoms with Crippen LogP contribution in [0.2, 0.25) is 0 Å². The second-order valence-corrected chi connectivity index (χ2v) is 4.08. The van der Waals surface area contributed by atoms with Crippen molar-refractivity contribution < 1.29 is 9.18 Å². The van der Waals surface area contributed by atoms with Crippen LogP contribution in [0.15, 0.2) is 30.7 Å². The normalized spacial score (nSPS) is 10.6. The van der Waals surface area contributed by atoms with Crippen molar-refractivity contribution in [3.63, 3.8) is 0 Å². The predicted molar refractivity (Wildman–Crippen MR) is 65.9 cm³/mol. The minimum absolute atomic E-state index is 0.214. The van der Waals surface area contributed by atoms with E-state index in [1.165, 1.54) is 18.2 Å². The number of hydrogen-bond donors (Lipinski definition) is 1. The molecule has 0 aliphatic heterocycles. The highest BCUT2D eigenvalue weighted by Crippen LogP contribution is 2.13. The molecule has 1 aromatic heterocycles. The van der Waals surface area contributed by atoms with Gasteiger partial charge in [-0.25, -0.2) is 9.37 Å². The molecule has 4 nitrogen and oxygen atoms in total. The third kappa shape index (κ3) is 2.46. The first-order chi connectivity index (χ1) is 8.61. The number of nitrogens with two attached hydrogens (primary N) is 1. The zero-order valence-electron chi connectivity index (χ0n) is 10.1. The molecule has 0 bridgehead atoms. The SMILES string of the molecule is Cc1cc(C(=O)c2cn(CCN)cn2)ccc1F. The van der Waals surface area contributed by atoms with Crippen LogP contribution in [0.4, 0.5) is 4.39 Å². The summed E-state index contributed by atoms with van der Waals surface area (Å²) in [5, 5.41) is 0. The summed E-state index contributed by atoms with van der Waals surface area (Å²) in [5.74, 6) is -0.533. The second-order valence-electron chi connectivity index (χ2n) is 4.08. The lowest BCUT2D eigenvalue weighted by Gasteiger charge is -2.00. The van der Waals surface area contributed by atoms with Gasteiger partial charge in [0.15, 0.2) is 0 Å². The molecule has 0 radical (unpaired) electrons. The summed E-state index contributed by atoms with van der Waals surface area (Å²) in [6.45, 7) is 2.72. The Morgan fingerprint density at radius 2 is 2.28 bits per heavy atom. The Balaban J connectivity index is 2.26. The third-order valence-electron chi connectivity index (χ3n) is 2.67. The van der Waals surface area contributed by atoms with E-state index in [-0.39, 0.29) is 11.6 Å². The summed E-state index contributed by atoms with van der Waals surface area (Å²) in [6.07, 6.45) is 3.21. The Hall–Kier alpha value is -2.01. The quantitative estimate of drug-likeness (QED) is 0.833. The molecular weight excluding hydrogens is 233 g/mol. The standard InChI is InChI=1S/C13H14FN3O/c1-9-6-10(2-3-11(9)14)13(18)12-7-17(5-4-15)8-16-12/h2-3,6-8H,4-5,15H2,1H3. The van der Waals surface area contributed by atoms with Crippen molar-refractivity contribution in [3.05, 3.63) is 53.4 Å². The largest absolute Gasteiger partial charge is 0.335 e. The van der Waals surface area contributed by atoms with Crippen molar-refractivity contribution in [2.75, 3.05) is 6.54 Å². The van der Waals surface area contributed by atoms with Crippen molar-refractivity contribution in [3.8, 4) is 0 Å². The van der Waals surface area contributed by atoms with Crippen molar-refractivity contribution in [1.29, 1.82) is 0 Å². The summed E-state index contributed by atoms with van der Waals surface area (Å²) in [4.78, 5) is 16.1. The average Bonchev–Trinajstić information content (AvgIpc) is 2.81. The first-order valence-electron chi connectivity index (χ1n) is 5.64. The molecule has 18 heavy (non-hydrogen) atoms. The van der Waals surface area contributed by atoms with Gasteiger partial charge < -0.3 is 10.3 Å². The molecule has 0 saturated heterocycles. The number of carbonyl (C=O) groups is 1. The summed E-state index contributed by atoms with van der Waals surface area (Å²) in [5.41, 5.74) is 6.64. The van der Waals surface area contributed by atoms with Crippen LogP contribution in [-0.4, -0.2) is 21.9 Å². The number of rotatable bonds is 4. The number of ketones is 1. The average molecular weight is 247 g/mol. The molecule has 1 aromatic carbocycles. The monoisotopic (exact) mass is 247 g/mol. The molecule has 0 aliphatic carbocycles. The van der Waals surface area contributed by atoms with E-state index >= 15 is 0 Å². The first kappa shape index (κ1) is 12.4. The van der Waals surface area contributed by atoms with Crippen molar-refractivity contribution >= 4 is 5.78 Å². The molecule has 0 amide bonds. The van der Waals surface area contributed by atoms with E-state index < -0.39 is 0 Å². The fourth-order valence-electron chi connectivity index (χ4n) is 1.68. The van der Waals surface area contributed by atoms with E-state index in [0.717, 1.165) is 0 Å². The maximum Gasteiger partial charge on any atom is 0.212 e. The lowest BCUT2D eigenvalue weighted by molar-refractivity contribution is 0.103. The third-order valence-corrected chi connectivity index (χ3v) is 2.67. The van der Waals surface area contributed by atoms with Gasteiger partial charge in [0.05, 0.1) is 6.33 Å². The highest BCUT2D eigenvalue weighted by atomic mass is 19.1. The number of aryl methyl sites for hydroxylation is 1. The lowest BCUT2D eigenvalue weighted by Crippen LogP contribution is -2.08. The summed E-state index contributed by atoms with van der Waals surface area (Å²) in [6, 6.07) is 4.28. The maximum atomic E-state index is 13.1. The zero-order valence-corrected chi connectivity index (χ0v) is 10.1. The van der Waals surface area contributed by atoms with Crippen LogP contribution in [-0.2, 0) is 6.54 Å². The van der Waals surface area contributed by atoms with Gasteiger partial charge in [0.1, 0.15) is 11.5 Å². The van der Waals surface area contributed by atoms with Gasteiger partial charge in [-0.05, 0) is 30.7 Å². The van der Waals surface area contributed by atoms with Gasteiger partial charge in [-0.3, -0.25) is 4.79 Å². The van der Waals surface area contributed by atoms with Gasteiger partial charge in [0.25, 0.3) is 0 Å². The summed E-state index contributed by atoms with van der Waals surface area (Å²) < 4.78 is 14.9. The van der Waals surface area contributed by atoms with E-state index in [9.17, 15) is 9.18 Å². The van der Waals surface area contributed by atoms with Crippen LogP contribution in [0.1, 0.15) is 21.6 Å². The predicted octanol–water partition coefficient (Wildman–Crippen LogP) is 1.52. The molecular formula is C13H14FN3O. The molecule has 0 unspecified atom stereocenters. The molecule has 2 rings (SSSR count). The summed E-state index contributed by atoms with van der Waals surface area (Å²) in [7, 11) is 0. The maximum absolute atomic E-state index is 13.1. The molecule has 0 atom stereocenters. The Bertz CT molecular complexity index is 577. The Morgan fingerprint density at radius 3 is 2.94 bits per heavy atom. The number of carbonyl (C=O) groups excluding carboxylic acids is 1. The summed E-state index contributed by atoms with van der Waals surface area (Å²) >= 11 is 0. The smallest absolute Gasteiger partial charge is 0.212 e. The second kappa shape index (κ2) is 5.10. The molecule has 5 heteroatoms. The number of benzene rings is 1. The lowest BCUT2D eigenvalue weighted by atomic mass is 10.1. The first-order valence-corrected chi connectivity index (χ1v) is 5.64. The molecule has 2 aromatic rings. The molecule has 0 spiro atoms. The zero-order chi connectivity index (χ0) is 13.1. The highest BCUT2D eigenvalue weighted by Gasteiger charge is 2.13. The van der Waals surface area contributed by atoms with Gasteiger partial charge >= 0.3 is 0 Å². The van der Waals surface area contributed by atoms with Gasteiger partial charge in [0.2, 0.25) is 5.78 Å². The number of halogens is 1. The number of nitrogens with zero attached hydrogens (tertiary/aromatic N) is 2. The minimum Gasteiger partial charge on any atom is -0.335 e. The van der Waals surface area contributed by atoms with E-state index in [0.29, 0.717) is 29.9 Å². The van der Waals surface area contributed by atoms with Crippen LogP contribution >= 0.6 is 0 Å². The molecule has 94 valence electrons. The van der Waals surface area contributed by atoms with Gasteiger partial charge in [-0.15, -0.1) is 0 Å². The van der Waals surface area contributed by atoms with Crippen molar-refractivity contribution in [2.45, 2.75) is 13.5 Å². The molecule has 0 fully saturated rings. The van der Waals surface area contributed by atoms with Crippen LogP contribution in [0, 0.1) is 12.7 Å². The van der Waals surface area contributed by atoms with Crippen LogP contribution < -0.4 is 5.73 Å². The van der Waals surface area contributed by atoms with E-state index in [1.807, 2.05) is 0 Å². The fourth-order valence-corrected chi connectivity index (χ4v) is 1.68.